The first kappa shape index (κ1) is 75.2. The first-order valence-corrected chi connectivity index (χ1v) is 34.7. The molecular weight excluding hydrogens is 978 g/mol. The van der Waals surface area contributed by atoms with Crippen LogP contribution >= 0.6 is 7.82 Å². The van der Waals surface area contributed by atoms with Crippen molar-refractivity contribution in [2.45, 2.75) is 335 Å². The summed E-state index contributed by atoms with van der Waals surface area (Å²) in [7, 11) is 1.17. The van der Waals surface area contributed by atoms with Gasteiger partial charge in [-0.05, 0) is 51.4 Å². The molecule has 0 aromatic rings. The van der Waals surface area contributed by atoms with Gasteiger partial charge in [0.2, 0.25) is 0 Å². The largest absolute Gasteiger partial charge is 0.756 e. The number of allylic oxidation sites excluding steroid dienone is 6. The summed E-state index contributed by atoms with van der Waals surface area (Å²) in [6, 6.07) is 0. The van der Waals surface area contributed by atoms with Crippen LogP contribution in [-0.4, -0.2) is 70.0 Å². The van der Waals surface area contributed by atoms with Crippen molar-refractivity contribution in [3.05, 3.63) is 36.5 Å². The SMILES string of the molecule is CCCCC/C=C\C/C=C\C/C=C\CCCCCCCCC(=O)OC(COC(=O)CCCCCCCCCCCCCCCCCCCCCCCCCCCCCCCCCCCC)COP(=O)([O-])OCC[N+](C)(C)C. The second-order valence-electron chi connectivity index (χ2n) is 23.8. The number of likely N-dealkylation sites (N-methyl/N-ethyl adjacent to an activating group) is 1. The number of phosphoric acid groups is 1. The van der Waals surface area contributed by atoms with Crippen molar-refractivity contribution in [3.8, 4) is 0 Å². The van der Waals surface area contributed by atoms with Crippen molar-refractivity contribution >= 4 is 19.8 Å². The third kappa shape index (κ3) is 63.3. The fourth-order valence-corrected chi connectivity index (χ4v) is 10.5. The van der Waals surface area contributed by atoms with Crippen LogP contribution in [0.3, 0.4) is 0 Å². The zero-order valence-corrected chi connectivity index (χ0v) is 52.6. The van der Waals surface area contributed by atoms with Gasteiger partial charge >= 0.3 is 11.9 Å². The lowest BCUT2D eigenvalue weighted by molar-refractivity contribution is -0.870. The summed E-state index contributed by atoms with van der Waals surface area (Å²) in [4.78, 5) is 37.9. The Morgan fingerprint density at radius 3 is 1.06 bits per heavy atom. The number of ether oxygens (including phenoxy) is 2. The molecule has 0 aliphatic rings. The fourth-order valence-electron chi connectivity index (χ4n) is 9.79. The quantitative estimate of drug-likeness (QED) is 0.0195. The van der Waals surface area contributed by atoms with Crippen LogP contribution in [0.4, 0.5) is 0 Å². The van der Waals surface area contributed by atoms with E-state index in [0.29, 0.717) is 17.4 Å². The molecule has 454 valence electrons. The molecule has 2 unspecified atom stereocenters. The van der Waals surface area contributed by atoms with E-state index in [0.717, 1.165) is 70.6 Å². The van der Waals surface area contributed by atoms with Gasteiger partial charge in [0.25, 0.3) is 7.82 Å². The maximum Gasteiger partial charge on any atom is 0.306 e. The lowest BCUT2D eigenvalue weighted by atomic mass is 10.0. The molecule has 77 heavy (non-hydrogen) atoms. The molecule has 0 aromatic heterocycles. The van der Waals surface area contributed by atoms with Gasteiger partial charge in [-0.3, -0.25) is 14.2 Å². The average Bonchev–Trinajstić information content (AvgIpc) is 3.39. The Hall–Kier alpha value is -1.77. The minimum atomic E-state index is -4.64. The summed E-state index contributed by atoms with van der Waals surface area (Å²) in [5, 5.41) is 0. The van der Waals surface area contributed by atoms with Gasteiger partial charge in [0.1, 0.15) is 19.8 Å². The number of carbonyl (C=O) groups excluding carboxylic acids is 2. The minimum absolute atomic E-state index is 0.0324. The average molecular weight is 1110 g/mol. The monoisotopic (exact) mass is 1110 g/mol. The number of rotatable bonds is 62. The van der Waals surface area contributed by atoms with Crippen LogP contribution in [0.2, 0.25) is 0 Å². The van der Waals surface area contributed by atoms with E-state index in [1.165, 1.54) is 225 Å². The van der Waals surface area contributed by atoms with Gasteiger partial charge in [-0.2, -0.15) is 0 Å². The Bertz CT molecular complexity index is 1390. The van der Waals surface area contributed by atoms with Gasteiger partial charge in [0.15, 0.2) is 6.10 Å². The van der Waals surface area contributed by atoms with E-state index in [9.17, 15) is 19.0 Å². The third-order valence-corrected chi connectivity index (χ3v) is 15.9. The summed E-state index contributed by atoms with van der Waals surface area (Å²) in [6.45, 7) is 4.25. The van der Waals surface area contributed by atoms with Crippen LogP contribution in [0.15, 0.2) is 36.5 Å². The van der Waals surface area contributed by atoms with Crippen molar-refractivity contribution < 1.29 is 42.1 Å². The maximum atomic E-state index is 12.8. The van der Waals surface area contributed by atoms with Gasteiger partial charge in [-0.1, -0.05) is 301 Å². The second kappa shape index (κ2) is 58.9. The normalized spacial score (nSPS) is 13.4. The van der Waals surface area contributed by atoms with Gasteiger partial charge in [0, 0.05) is 12.8 Å². The Labute approximate surface area is 478 Å². The summed E-state index contributed by atoms with van der Waals surface area (Å²) >= 11 is 0. The number of phosphoric ester groups is 1. The predicted molar refractivity (Wildman–Crippen MR) is 328 cm³/mol. The zero-order chi connectivity index (χ0) is 56.3. The van der Waals surface area contributed by atoms with Crippen LogP contribution in [-0.2, 0) is 32.7 Å². The molecule has 0 spiro atoms. The molecule has 0 bridgehead atoms. The Balaban J connectivity index is 3.97. The van der Waals surface area contributed by atoms with Crippen molar-refractivity contribution in [2.75, 3.05) is 47.5 Å². The third-order valence-electron chi connectivity index (χ3n) is 14.9. The van der Waals surface area contributed by atoms with E-state index in [-0.39, 0.29) is 32.0 Å². The highest BCUT2D eigenvalue weighted by atomic mass is 31.2. The molecule has 0 rings (SSSR count). The molecule has 0 aliphatic heterocycles. The molecule has 0 saturated heterocycles. The highest BCUT2D eigenvalue weighted by molar-refractivity contribution is 7.45. The Morgan fingerprint density at radius 1 is 0.403 bits per heavy atom. The van der Waals surface area contributed by atoms with E-state index >= 15 is 0 Å². The smallest absolute Gasteiger partial charge is 0.306 e. The molecule has 0 fully saturated rings. The van der Waals surface area contributed by atoms with Crippen LogP contribution in [0, 0.1) is 0 Å². The summed E-state index contributed by atoms with van der Waals surface area (Å²) in [5.41, 5.74) is 0. The molecule has 0 N–H and O–H groups in total. The number of nitrogens with zero attached hydrogens (tertiary/aromatic N) is 1. The number of quaternary nitrogens is 1. The molecule has 0 heterocycles. The molecule has 10 heteroatoms. The highest BCUT2D eigenvalue weighted by Gasteiger charge is 2.22. The molecule has 2 atom stereocenters. The van der Waals surface area contributed by atoms with Crippen LogP contribution in [0.25, 0.3) is 0 Å². The van der Waals surface area contributed by atoms with Crippen LogP contribution in [0.1, 0.15) is 328 Å². The summed E-state index contributed by atoms with van der Waals surface area (Å²) in [5.74, 6) is -0.833. The lowest BCUT2D eigenvalue weighted by Crippen LogP contribution is -2.37. The van der Waals surface area contributed by atoms with Crippen LogP contribution < -0.4 is 4.89 Å². The number of hydrogen-bond acceptors (Lipinski definition) is 8. The molecule has 0 aromatic carbocycles. The van der Waals surface area contributed by atoms with Crippen molar-refractivity contribution in [1.82, 2.24) is 0 Å². The summed E-state index contributed by atoms with van der Waals surface area (Å²) in [6.07, 6.45) is 73.7. The van der Waals surface area contributed by atoms with Gasteiger partial charge in [-0.15, -0.1) is 0 Å². The number of hydrogen-bond donors (Lipinski definition) is 0. The number of carbonyl (C=O) groups is 2. The maximum absolute atomic E-state index is 12.8. The first-order valence-electron chi connectivity index (χ1n) is 33.2. The molecule has 0 aliphatic carbocycles. The van der Waals surface area contributed by atoms with E-state index in [2.05, 4.69) is 50.3 Å². The highest BCUT2D eigenvalue weighted by Crippen LogP contribution is 2.38. The van der Waals surface area contributed by atoms with Gasteiger partial charge < -0.3 is 27.9 Å². The molecule has 0 amide bonds. The summed E-state index contributed by atoms with van der Waals surface area (Å²) < 4.78 is 34.2. The zero-order valence-electron chi connectivity index (χ0n) is 51.7. The Kier molecular flexibility index (Phi) is 57.5. The minimum Gasteiger partial charge on any atom is -0.756 e. The number of unbranched alkanes of at least 4 members (excludes halogenated alkanes) is 42. The number of esters is 2. The van der Waals surface area contributed by atoms with Crippen molar-refractivity contribution in [2.24, 2.45) is 0 Å². The molecule has 0 saturated carbocycles. The standard InChI is InChI=1S/C67H128NO8P/c1-6-8-10-12-14-16-18-20-22-24-26-27-28-29-30-31-32-33-34-35-36-37-38-39-40-42-43-45-47-49-51-53-55-57-59-66(69)73-63-65(64-75-77(71,72)74-62-61-68(3,4)5)76-67(70)60-58-56-54-52-50-48-46-44-41-25-23-21-19-17-15-13-11-9-7-2/h15,17,21,23,41,44,65H,6-14,16,18-20,22,24-40,42-43,45-64H2,1-5H3/b17-15-,23-21-,44-41-. The fraction of sp³-hybridized carbons (Fsp3) is 0.881. The van der Waals surface area contributed by atoms with E-state index in [1.807, 2.05) is 21.1 Å². The van der Waals surface area contributed by atoms with Crippen molar-refractivity contribution in [1.29, 1.82) is 0 Å². The first-order chi connectivity index (χ1) is 37.5. The molecular formula is C67H128NO8P. The topological polar surface area (TPSA) is 111 Å². The lowest BCUT2D eigenvalue weighted by Gasteiger charge is -2.28. The molecule has 9 nitrogen and oxygen atoms in total. The Morgan fingerprint density at radius 2 is 0.701 bits per heavy atom. The van der Waals surface area contributed by atoms with Crippen molar-refractivity contribution in [3.63, 3.8) is 0 Å². The van der Waals surface area contributed by atoms with E-state index in [4.69, 9.17) is 18.5 Å². The van der Waals surface area contributed by atoms with E-state index < -0.39 is 26.5 Å². The van der Waals surface area contributed by atoms with E-state index in [1.54, 1.807) is 0 Å². The predicted octanol–water partition coefficient (Wildman–Crippen LogP) is 20.5. The second-order valence-corrected chi connectivity index (χ2v) is 25.3. The molecule has 0 radical (unpaired) electrons. The van der Waals surface area contributed by atoms with Gasteiger partial charge in [-0.25, -0.2) is 0 Å². The van der Waals surface area contributed by atoms with Crippen LogP contribution in [0.5, 0.6) is 0 Å². The van der Waals surface area contributed by atoms with Gasteiger partial charge in [0.05, 0.1) is 27.7 Å².